The second-order valence-electron chi connectivity index (χ2n) is 6.46. The van der Waals surface area contributed by atoms with Gasteiger partial charge in [0, 0.05) is 24.2 Å². The molecule has 0 aliphatic rings. The summed E-state index contributed by atoms with van der Waals surface area (Å²) in [5, 5.41) is 4.62. The summed E-state index contributed by atoms with van der Waals surface area (Å²) in [5.74, 6) is 1.42. The number of hydrogen-bond donors (Lipinski definition) is 1. The molecule has 3 rings (SSSR count). The number of halogens is 1. The Labute approximate surface area is 182 Å². The van der Waals surface area contributed by atoms with Gasteiger partial charge in [-0.1, -0.05) is 54.1 Å². The van der Waals surface area contributed by atoms with E-state index in [1.165, 1.54) is 5.56 Å². The van der Waals surface area contributed by atoms with E-state index in [1.54, 1.807) is 14.2 Å². The van der Waals surface area contributed by atoms with Crippen molar-refractivity contribution >= 4 is 34.6 Å². The number of hydrogen-bond acceptors (Lipinski definition) is 3. The maximum atomic E-state index is 6.03. The monoisotopic (exact) mass is 426 g/mol. The molecule has 0 spiro atoms. The largest absolute Gasteiger partial charge is 0.497 e. The maximum absolute atomic E-state index is 6.03. The molecule has 1 N–H and O–H groups in total. The van der Waals surface area contributed by atoms with Crippen molar-refractivity contribution in [3.05, 3.63) is 88.9 Å². The second kappa shape index (κ2) is 10.1. The van der Waals surface area contributed by atoms with Crippen LogP contribution in [0.2, 0.25) is 5.02 Å². The van der Waals surface area contributed by atoms with Crippen molar-refractivity contribution in [2.75, 3.05) is 19.5 Å². The van der Waals surface area contributed by atoms with Gasteiger partial charge in [-0.25, -0.2) is 0 Å². The van der Waals surface area contributed by atoms with E-state index in [-0.39, 0.29) is 0 Å². The normalized spacial score (nSPS) is 10.3. The minimum atomic E-state index is 0.593. The summed E-state index contributed by atoms with van der Waals surface area (Å²) in [6.45, 7) is 1.31. The molecule has 150 valence electrons. The van der Waals surface area contributed by atoms with Crippen molar-refractivity contribution in [3.63, 3.8) is 0 Å². The Balaban J connectivity index is 1.84. The van der Waals surface area contributed by atoms with Gasteiger partial charge in [0.2, 0.25) is 0 Å². The Morgan fingerprint density at radius 2 is 1.55 bits per heavy atom. The number of benzene rings is 3. The van der Waals surface area contributed by atoms with Crippen molar-refractivity contribution < 1.29 is 9.47 Å². The molecule has 0 unspecified atom stereocenters. The predicted octanol–water partition coefficient (Wildman–Crippen LogP) is 5.76. The summed E-state index contributed by atoms with van der Waals surface area (Å²) in [4.78, 5) is 2.10. The lowest BCUT2D eigenvalue weighted by Gasteiger charge is -2.27. The Hall–Kier alpha value is -2.76. The molecule has 29 heavy (non-hydrogen) atoms. The van der Waals surface area contributed by atoms with E-state index in [9.17, 15) is 0 Å². The third kappa shape index (κ3) is 5.86. The van der Waals surface area contributed by atoms with E-state index in [0.717, 1.165) is 17.0 Å². The van der Waals surface area contributed by atoms with Gasteiger partial charge in [-0.3, -0.25) is 0 Å². The number of methoxy groups -OCH3 is 2. The summed E-state index contributed by atoms with van der Waals surface area (Å²) >= 11 is 11.8. The molecule has 0 heterocycles. The maximum Gasteiger partial charge on any atom is 0.174 e. The number of nitrogens with zero attached hydrogens (tertiary/aromatic N) is 1. The van der Waals surface area contributed by atoms with Crippen LogP contribution in [0.3, 0.4) is 0 Å². The van der Waals surface area contributed by atoms with E-state index < -0.39 is 0 Å². The van der Waals surface area contributed by atoms with Gasteiger partial charge in [0.25, 0.3) is 0 Å². The average Bonchev–Trinajstić information content (AvgIpc) is 2.75. The lowest BCUT2D eigenvalue weighted by atomic mass is 10.2. The molecule has 0 bridgehead atoms. The van der Waals surface area contributed by atoms with Gasteiger partial charge in [-0.15, -0.1) is 0 Å². The first kappa shape index (κ1) is 21.0. The van der Waals surface area contributed by atoms with E-state index in [2.05, 4.69) is 22.3 Å². The highest BCUT2D eigenvalue weighted by Crippen LogP contribution is 2.29. The Morgan fingerprint density at radius 3 is 2.17 bits per heavy atom. The number of rotatable bonds is 7. The van der Waals surface area contributed by atoms with E-state index in [4.69, 9.17) is 33.3 Å². The van der Waals surface area contributed by atoms with E-state index in [1.807, 2.05) is 60.7 Å². The Bertz CT molecular complexity index is 949. The highest BCUT2D eigenvalue weighted by atomic mass is 35.5. The zero-order valence-corrected chi connectivity index (χ0v) is 18.0. The van der Waals surface area contributed by atoms with Crippen molar-refractivity contribution in [2.45, 2.75) is 13.1 Å². The summed E-state index contributed by atoms with van der Waals surface area (Å²) in [5.41, 5.74) is 3.04. The molecule has 0 aliphatic carbocycles. The summed E-state index contributed by atoms with van der Waals surface area (Å²) in [6, 6.07) is 23.6. The van der Waals surface area contributed by atoms with Gasteiger partial charge in [0.1, 0.15) is 11.5 Å². The van der Waals surface area contributed by atoms with E-state index >= 15 is 0 Å². The minimum absolute atomic E-state index is 0.593. The second-order valence-corrected chi connectivity index (χ2v) is 7.29. The topological polar surface area (TPSA) is 33.7 Å². The quantitative estimate of drug-likeness (QED) is 0.486. The van der Waals surface area contributed by atoms with Crippen LogP contribution in [0.5, 0.6) is 11.5 Å². The third-order valence-corrected chi connectivity index (χ3v) is 5.05. The molecular formula is C23H23ClN2O2S. The van der Waals surface area contributed by atoms with Crippen molar-refractivity contribution in [2.24, 2.45) is 0 Å². The van der Waals surface area contributed by atoms with Gasteiger partial charge < -0.3 is 19.7 Å². The molecule has 0 fully saturated rings. The van der Waals surface area contributed by atoms with Crippen LogP contribution in [0.15, 0.2) is 72.8 Å². The van der Waals surface area contributed by atoms with Gasteiger partial charge in [0.05, 0.1) is 19.9 Å². The SMILES string of the molecule is COc1ccc(OC)c(NC(=S)N(Cc2ccccc2)Cc2ccc(Cl)cc2)c1. The van der Waals surface area contributed by atoms with Crippen LogP contribution in [0, 0.1) is 0 Å². The number of ether oxygens (including phenoxy) is 2. The van der Waals surface area contributed by atoms with Crippen molar-refractivity contribution in [1.82, 2.24) is 4.90 Å². The average molecular weight is 427 g/mol. The zero-order valence-electron chi connectivity index (χ0n) is 16.4. The van der Waals surface area contributed by atoms with Crippen LogP contribution in [0.1, 0.15) is 11.1 Å². The fraction of sp³-hybridized carbons (Fsp3) is 0.174. The molecule has 0 aliphatic heterocycles. The number of nitrogens with one attached hydrogen (secondary N) is 1. The first-order valence-corrected chi connectivity index (χ1v) is 9.94. The van der Waals surface area contributed by atoms with Crippen LogP contribution in [-0.2, 0) is 13.1 Å². The van der Waals surface area contributed by atoms with Crippen LogP contribution >= 0.6 is 23.8 Å². The summed E-state index contributed by atoms with van der Waals surface area (Å²) in [7, 11) is 3.26. The predicted molar refractivity (Wildman–Crippen MR) is 123 cm³/mol. The molecule has 4 nitrogen and oxygen atoms in total. The van der Waals surface area contributed by atoms with Crippen LogP contribution in [0.4, 0.5) is 5.69 Å². The van der Waals surface area contributed by atoms with Gasteiger partial charge in [-0.05, 0) is 47.6 Å². The van der Waals surface area contributed by atoms with Gasteiger partial charge in [-0.2, -0.15) is 0 Å². The molecule has 0 saturated heterocycles. The highest BCUT2D eigenvalue weighted by molar-refractivity contribution is 7.80. The van der Waals surface area contributed by atoms with Crippen LogP contribution < -0.4 is 14.8 Å². The van der Waals surface area contributed by atoms with Crippen molar-refractivity contribution in [3.8, 4) is 11.5 Å². The first-order valence-electron chi connectivity index (χ1n) is 9.15. The lowest BCUT2D eigenvalue weighted by Crippen LogP contribution is -2.34. The van der Waals surface area contributed by atoms with Crippen LogP contribution in [0.25, 0.3) is 0 Å². The van der Waals surface area contributed by atoms with Gasteiger partial charge in [0.15, 0.2) is 5.11 Å². The molecule has 0 radical (unpaired) electrons. The molecule has 0 aromatic heterocycles. The fourth-order valence-electron chi connectivity index (χ4n) is 2.92. The highest BCUT2D eigenvalue weighted by Gasteiger charge is 2.14. The van der Waals surface area contributed by atoms with Crippen LogP contribution in [-0.4, -0.2) is 24.2 Å². The third-order valence-electron chi connectivity index (χ3n) is 4.44. The van der Waals surface area contributed by atoms with Gasteiger partial charge >= 0.3 is 0 Å². The molecule has 6 heteroatoms. The van der Waals surface area contributed by atoms with Crippen molar-refractivity contribution in [1.29, 1.82) is 0 Å². The summed E-state index contributed by atoms with van der Waals surface area (Å²) in [6.07, 6.45) is 0. The molecule has 0 amide bonds. The fourth-order valence-corrected chi connectivity index (χ4v) is 3.28. The Morgan fingerprint density at radius 1 is 0.897 bits per heavy atom. The molecule has 3 aromatic rings. The van der Waals surface area contributed by atoms with E-state index in [0.29, 0.717) is 29.0 Å². The molecular weight excluding hydrogens is 404 g/mol. The smallest absolute Gasteiger partial charge is 0.174 e. The first-order chi connectivity index (χ1) is 14.1. The number of anilines is 1. The standard InChI is InChI=1S/C23H23ClN2O2S/c1-27-20-12-13-22(28-2)21(14-20)25-23(29)26(15-17-6-4-3-5-7-17)16-18-8-10-19(24)11-9-18/h3-14H,15-16H2,1-2H3,(H,25,29). The number of thiocarbonyl (C=S) groups is 1. The molecule has 3 aromatic carbocycles. The Kier molecular flexibility index (Phi) is 7.33. The molecule has 0 atom stereocenters. The lowest BCUT2D eigenvalue weighted by molar-refractivity contribution is 0.402. The summed E-state index contributed by atoms with van der Waals surface area (Å²) < 4.78 is 10.8. The zero-order chi connectivity index (χ0) is 20.6. The molecule has 0 saturated carbocycles. The minimum Gasteiger partial charge on any atom is -0.497 e.